The van der Waals surface area contributed by atoms with Gasteiger partial charge in [0.1, 0.15) is 11.6 Å². The summed E-state index contributed by atoms with van der Waals surface area (Å²) in [6.45, 7) is 3.04. The van der Waals surface area contributed by atoms with Gasteiger partial charge in [-0.15, -0.1) is 0 Å². The number of hydrogen-bond acceptors (Lipinski definition) is 1. The van der Waals surface area contributed by atoms with Gasteiger partial charge in [-0.05, 0) is 106 Å². The number of halogens is 1. The van der Waals surface area contributed by atoms with Gasteiger partial charge in [0.2, 0.25) is 0 Å². The predicted octanol–water partition coefficient (Wildman–Crippen LogP) is 7.17. The van der Waals surface area contributed by atoms with Gasteiger partial charge in [0.05, 0.1) is 6.61 Å². The largest absolute Gasteiger partial charge is 0.493 e. The first-order valence-corrected chi connectivity index (χ1v) is 10.8. The zero-order valence-electron chi connectivity index (χ0n) is 16.3. The fourth-order valence-electron chi connectivity index (χ4n) is 4.84. The van der Waals surface area contributed by atoms with E-state index in [1.807, 2.05) is 0 Å². The molecular weight excluding hydrogens is 323 g/mol. The van der Waals surface area contributed by atoms with E-state index in [2.05, 4.69) is 19.1 Å². The molecule has 2 saturated carbocycles. The van der Waals surface area contributed by atoms with Crippen molar-refractivity contribution in [2.24, 2.45) is 23.7 Å². The molecule has 0 amide bonds. The van der Waals surface area contributed by atoms with Gasteiger partial charge in [-0.3, -0.25) is 0 Å². The van der Waals surface area contributed by atoms with Crippen LogP contribution in [0.5, 0.6) is 5.75 Å². The molecule has 1 nitrogen and oxygen atoms in total. The standard InChI is InChI=1S/C24H35FO/c1-2-3-4-5-19-6-10-21(11-7-19)22-12-8-20(9-13-22)18-26-24-16-14-23(25)15-17-24/h4-5,14-17,19-22H,2-3,6-13,18H2,1H3. The minimum atomic E-state index is -0.201. The van der Waals surface area contributed by atoms with Crippen molar-refractivity contribution in [2.75, 3.05) is 6.61 Å². The van der Waals surface area contributed by atoms with Crippen LogP contribution in [0.4, 0.5) is 4.39 Å². The molecule has 0 aliphatic heterocycles. The van der Waals surface area contributed by atoms with Crippen molar-refractivity contribution in [3.05, 3.63) is 42.2 Å². The highest BCUT2D eigenvalue weighted by atomic mass is 19.1. The first-order valence-electron chi connectivity index (χ1n) is 10.8. The Morgan fingerprint density at radius 3 is 2.15 bits per heavy atom. The van der Waals surface area contributed by atoms with Crippen LogP contribution in [0.15, 0.2) is 36.4 Å². The van der Waals surface area contributed by atoms with E-state index in [0.717, 1.165) is 30.1 Å². The normalized spacial score (nSPS) is 29.8. The molecule has 0 atom stereocenters. The van der Waals surface area contributed by atoms with Crippen LogP contribution < -0.4 is 4.74 Å². The fourth-order valence-corrected chi connectivity index (χ4v) is 4.84. The monoisotopic (exact) mass is 358 g/mol. The lowest BCUT2D eigenvalue weighted by atomic mass is 9.69. The van der Waals surface area contributed by atoms with Crippen molar-refractivity contribution in [1.29, 1.82) is 0 Å². The highest BCUT2D eigenvalue weighted by Crippen LogP contribution is 2.41. The first kappa shape index (κ1) is 19.5. The van der Waals surface area contributed by atoms with E-state index < -0.39 is 0 Å². The lowest BCUT2D eigenvalue weighted by molar-refractivity contribution is 0.129. The van der Waals surface area contributed by atoms with Gasteiger partial charge in [0.15, 0.2) is 0 Å². The summed E-state index contributed by atoms with van der Waals surface area (Å²) in [7, 11) is 0. The molecule has 2 aliphatic carbocycles. The van der Waals surface area contributed by atoms with Crippen molar-refractivity contribution < 1.29 is 9.13 Å². The van der Waals surface area contributed by atoms with Crippen LogP contribution in [0.2, 0.25) is 0 Å². The maximum Gasteiger partial charge on any atom is 0.123 e. The minimum Gasteiger partial charge on any atom is -0.493 e. The molecule has 2 heteroatoms. The summed E-state index contributed by atoms with van der Waals surface area (Å²) in [5.41, 5.74) is 0. The van der Waals surface area contributed by atoms with E-state index in [-0.39, 0.29) is 5.82 Å². The first-order chi connectivity index (χ1) is 12.7. The molecule has 0 radical (unpaired) electrons. The third-order valence-electron chi connectivity index (χ3n) is 6.54. The van der Waals surface area contributed by atoms with Crippen molar-refractivity contribution in [2.45, 2.75) is 71.1 Å². The van der Waals surface area contributed by atoms with Crippen molar-refractivity contribution in [1.82, 2.24) is 0 Å². The molecule has 1 aromatic carbocycles. The maximum atomic E-state index is 12.9. The Balaban J connectivity index is 1.34. The smallest absolute Gasteiger partial charge is 0.123 e. The molecule has 26 heavy (non-hydrogen) atoms. The molecule has 144 valence electrons. The molecular formula is C24H35FO. The lowest BCUT2D eigenvalue weighted by Crippen LogP contribution is -2.27. The van der Waals surface area contributed by atoms with Gasteiger partial charge in [0, 0.05) is 0 Å². The molecule has 3 rings (SSSR count). The molecule has 1 aromatic rings. The highest BCUT2D eigenvalue weighted by Gasteiger charge is 2.30. The van der Waals surface area contributed by atoms with Gasteiger partial charge in [0.25, 0.3) is 0 Å². The van der Waals surface area contributed by atoms with Gasteiger partial charge in [-0.2, -0.15) is 0 Å². The number of ether oxygens (including phenoxy) is 1. The average Bonchev–Trinajstić information content (AvgIpc) is 2.69. The van der Waals surface area contributed by atoms with Crippen LogP contribution in [0, 0.1) is 29.5 Å². The Morgan fingerprint density at radius 1 is 0.923 bits per heavy atom. The van der Waals surface area contributed by atoms with Gasteiger partial charge in [-0.25, -0.2) is 4.39 Å². The van der Waals surface area contributed by atoms with E-state index in [1.54, 1.807) is 12.1 Å². The molecule has 0 spiro atoms. The molecule has 0 heterocycles. The third kappa shape index (κ3) is 5.86. The Morgan fingerprint density at radius 2 is 1.54 bits per heavy atom. The van der Waals surface area contributed by atoms with Gasteiger partial charge < -0.3 is 4.74 Å². The number of benzene rings is 1. The molecule has 0 bridgehead atoms. The topological polar surface area (TPSA) is 9.23 Å². The fraction of sp³-hybridized carbons (Fsp3) is 0.667. The summed E-state index contributed by atoms with van der Waals surface area (Å²) in [5.74, 6) is 4.02. The molecule has 0 N–H and O–H groups in total. The second-order valence-electron chi connectivity index (χ2n) is 8.44. The number of rotatable bonds is 7. The molecule has 0 aromatic heterocycles. The quantitative estimate of drug-likeness (QED) is 0.469. The van der Waals surface area contributed by atoms with Crippen molar-refractivity contribution in [3.8, 4) is 5.75 Å². The summed E-state index contributed by atoms with van der Waals surface area (Å²) in [6, 6.07) is 6.41. The number of hydrogen-bond donors (Lipinski definition) is 0. The SMILES string of the molecule is CCCC=CC1CCC(C2CCC(COc3ccc(F)cc3)CC2)CC1. The summed E-state index contributed by atoms with van der Waals surface area (Å²) in [4.78, 5) is 0. The van der Waals surface area contributed by atoms with Crippen LogP contribution in [0.1, 0.15) is 71.1 Å². The van der Waals surface area contributed by atoms with Gasteiger partial charge >= 0.3 is 0 Å². The van der Waals surface area contributed by atoms with Crippen LogP contribution in [-0.2, 0) is 0 Å². The Labute approximate surface area is 159 Å². The Kier molecular flexibility index (Phi) is 7.58. The van der Waals surface area contributed by atoms with Crippen LogP contribution in [0.25, 0.3) is 0 Å². The van der Waals surface area contributed by atoms with E-state index in [0.29, 0.717) is 5.92 Å². The van der Waals surface area contributed by atoms with Crippen LogP contribution in [-0.4, -0.2) is 6.61 Å². The molecule has 2 fully saturated rings. The third-order valence-corrected chi connectivity index (χ3v) is 6.54. The number of allylic oxidation sites excluding steroid dienone is 2. The zero-order valence-corrected chi connectivity index (χ0v) is 16.3. The zero-order chi connectivity index (χ0) is 18.2. The van der Waals surface area contributed by atoms with E-state index in [4.69, 9.17) is 4.74 Å². The van der Waals surface area contributed by atoms with E-state index in [1.165, 1.54) is 76.3 Å². The molecule has 2 aliphatic rings. The van der Waals surface area contributed by atoms with Crippen LogP contribution >= 0.6 is 0 Å². The van der Waals surface area contributed by atoms with Crippen molar-refractivity contribution >= 4 is 0 Å². The Bertz CT molecular complexity index is 534. The summed E-state index contributed by atoms with van der Waals surface area (Å²) in [6.07, 6.45) is 18.4. The maximum absolute atomic E-state index is 12.9. The highest BCUT2D eigenvalue weighted by molar-refractivity contribution is 5.22. The molecule has 0 unspecified atom stereocenters. The number of unbranched alkanes of at least 4 members (excludes halogenated alkanes) is 1. The minimum absolute atomic E-state index is 0.201. The van der Waals surface area contributed by atoms with Gasteiger partial charge in [-0.1, -0.05) is 25.5 Å². The second-order valence-corrected chi connectivity index (χ2v) is 8.44. The second kappa shape index (κ2) is 10.1. The van der Waals surface area contributed by atoms with Crippen molar-refractivity contribution in [3.63, 3.8) is 0 Å². The van der Waals surface area contributed by atoms with E-state index in [9.17, 15) is 4.39 Å². The summed E-state index contributed by atoms with van der Waals surface area (Å²) < 4.78 is 18.8. The Hall–Kier alpha value is -1.31. The molecule has 0 saturated heterocycles. The average molecular weight is 359 g/mol. The summed E-state index contributed by atoms with van der Waals surface area (Å²) >= 11 is 0. The predicted molar refractivity (Wildman–Crippen MR) is 107 cm³/mol. The summed E-state index contributed by atoms with van der Waals surface area (Å²) in [5, 5.41) is 0. The lowest BCUT2D eigenvalue weighted by Gasteiger charge is -2.37. The van der Waals surface area contributed by atoms with E-state index >= 15 is 0 Å². The van der Waals surface area contributed by atoms with Crippen LogP contribution in [0.3, 0.4) is 0 Å².